The van der Waals surface area contributed by atoms with E-state index in [-0.39, 0.29) is 0 Å². The fraction of sp³-hybridized carbons (Fsp3) is 0.615. The van der Waals surface area contributed by atoms with Crippen LogP contribution in [0.15, 0.2) is 18.3 Å². The first kappa shape index (κ1) is 17.8. The van der Waals surface area contributed by atoms with Crippen molar-refractivity contribution in [1.29, 1.82) is 0 Å². The van der Waals surface area contributed by atoms with Gasteiger partial charge in [-0.05, 0) is 24.6 Å². The van der Waals surface area contributed by atoms with Crippen molar-refractivity contribution < 1.29 is 26.7 Å². The van der Waals surface area contributed by atoms with Crippen molar-refractivity contribution in [2.24, 2.45) is 0 Å². The van der Waals surface area contributed by atoms with E-state index in [0.717, 1.165) is 18.5 Å². The van der Waals surface area contributed by atoms with Crippen LogP contribution in [0.25, 0.3) is 0 Å². The Balaban J connectivity index is 2.39. The number of aromatic nitrogens is 1. The van der Waals surface area contributed by atoms with Crippen molar-refractivity contribution in [1.82, 2.24) is 10.3 Å². The Morgan fingerprint density at radius 1 is 1.19 bits per heavy atom. The van der Waals surface area contributed by atoms with Gasteiger partial charge in [0.1, 0.15) is 6.61 Å². The largest absolute Gasteiger partial charge is 0.455 e. The number of pyridine rings is 1. The molecule has 0 aliphatic carbocycles. The van der Waals surface area contributed by atoms with Gasteiger partial charge in [0.2, 0.25) is 0 Å². The highest BCUT2D eigenvalue weighted by molar-refractivity contribution is 5.13. The highest BCUT2D eigenvalue weighted by atomic mass is 19.4. The van der Waals surface area contributed by atoms with Crippen molar-refractivity contribution >= 4 is 0 Å². The van der Waals surface area contributed by atoms with Crippen LogP contribution in [0.3, 0.4) is 0 Å². The lowest BCUT2D eigenvalue weighted by Crippen LogP contribution is -2.40. The number of nitrogens with zero attached hydrogens (tertiary/aromatic N) is 1. The minimum atomic E-state index is -5.60. The summed E-state index contributed by atoms with van der Waals surface area (Å²) in [5.74, 6) is -4.85. The fourth-order valence-corrected chi connectivity index (χ4v) is 1.42. The van der Waals surface area contributed by atoms with Crippen LogP contribution in [-0.2, 0) is 17.9 Å². The highest BCUT2D eigenvalue weighted by Gasteiger charge is 2.57. The average molecular weight is 312 g/mol. The van der Waals surface area contributed by atoms with E-state index in [0.29, 0.717) is 12.2 Å². The minimum absolute atomic E-state index is 0.298. The van der Waals surface area contributed by atoms with E-state index < -0.39 is 25.3 Å². The molecule has 8 heteroatoms. The van der Waals surface area contributed by atoms with Crippen molar-refractivity contribution in [2.75, 3.05) is 13.2 Å². The van der Waals surface area contributed by atoms with Crippen LogP contribution < -0.4 is 5.32 Å². The number of halogens is 5. The molecule has 3 nitrogen and oxygen atoms in total. The van der Waals surface area contributed by atoms with Crippen LogP contribution in [0.1, 0.15) is 24.6 Å². The third-order valence-electron chi connectivity index (χ3n) is 2.59. The van der Waals surface area contributed by atoms with E-state index in [1.54, 1.807) is 6.07 Å². The lowest BCUT2D eigenvalue weighted by molar-refractivity contribution is -0.297. The maximum absolute atomic E-state index is 12.6. The fourth-order valence-electron chi connectivity index (χ4n) is 1.42. The van der Waals surface area contributed by atoms with E-state index in [4.69, 9.17) is 0 Å². The summed E-state index contributed by atoms with van der Waals surface area (Å²) in [6.07, 6.45) is -3.08. The maximum atomic E-state index is 12.6. The van der Waals surface area contributed by atoms with Crippen molar-refractivity contribution in [3.8, 4) is 0 Å². The molecule has 1 heterocycles. The predicted molar refractivity (Wildman–Crippen MR) is 66.9 cm³/mol. The second-order valence-corrected chi connectivity index (χ2v) is 4.53. The number of rotatable bonds is 8. The molecule has 0 aromatic carbocycles. The lowest BCUT2D eigenvalue weighted by Gasteiger charge is -2.19. The number of alkyl halides is 5. The SMILES string of the molecule is CCCNCc1ccc(COCC(F)(F)C(F)(F)F)nc1. The first-order chi connectivity index (χ1) is 9.76. The molecular formula is C13H17F5N2O. The van der Waals surface area contributed by atoms with Gasteiger partial charge in [-0.25, -0.2) is 0 Å². The minimum Gasteiger partial charge on any atom is -0.369 e. The molecule has 1 aromatic heterocycles. The topological polar surface area (TPSA) is 34.1 Å². The molecule has 0 radical (unpaired) electrons. The number of ether oxygens (including phenoxy) is 1. The molecule has 0 unspecified atom stereocenters. The van der Waals surface area contributed by atoms with Gasteiger partial charge in [-0.15, -0.1) is 0 Å². The first-order valence-electron chi connectivity index (χ1n) is 6.43. The maximum Gasteiger partial charge on any atom is 0.455 e. The molecule has 0 aliphatic rings. The average Bonchev–Trinajstić information content (AvgIpc) is 2.39. The highest BCUT2D eigenvalue weighted by Crippen LogP contribution is 2.35. The summed E-state index contributed by atoms with van der Waals surface area (Å²) < 4.78 is 65.3. The second-order valence-electron chi connectivity index (χ2n) is 4.53. The molecular weight excluding hydrogens is 295 g/mol. The van der Waals surface area contributed by atoms with Gasteiger partial charge in [-0.1, -0.05) is 13.0 Å². The Labute approximate surface area is 119 Å². The molecule has 0 bridgehead atoms. The Bertz CT molecular complexity index is 420. The normalized spacial score (nSPS) is 12.7. The molecule has 0 atom stereocenters. The number of hydrogen-bond donors (Lipinski definition) is 1. The Morgan fingerprint density at radius 2 is 1.90 bits per heavy atom. The smallest absolute Gasteiger partial charge is 0.369 e. The van der Waals surface area contributed by atoms with Gasteiger partial charge in [0, 0.05) is 12.7 Å². The molecule has 1 N–H and O–H groups in total. The molecule has 0 spiro atoms. The third-order valence-corrected chi connectivity index (χ3v) is 2.59. The molecule has 120 valence electrons. The van der Waals surface area contributed by atoms with Crippen LogP contribution in [0.5, 0.6) is 0 Å². The van der Waals surface area contributed by atoms with Gasteiger partial charge >= 0.3 is 12.1 Å². The molecule has 1 rings (SSSR count). The second kappa shape index (κ2) is 7.65. The van der Waals surface area contributed by atoms with E-state index in [2.05, 4.69) is 15.0 Å². The molecule has 0 saturated heterocycles. The van der Waals surface area contributed by atoms with Gasteiger partial charge in [0.05, 0.1) is 12.3 Å². The van der Waals surface area contributed by atoms with Crippen LogP contribution in [0.4, 0.5) is 22.0 Å². The summed E-state index contributed by atoms with van der Waals surface area (Å²) in [7, 11) is 0. The van der Waals surface area contributed by atoms with Crippen molar-refractivity contribution in [2.45, 2.75) is 38.6 Å². The standard InChI is InChI=1S/C13H17F5N2O/c1-2-5-19-6-10-3-4-11(20-7-10)8-21-9-12(14,15)13(16,17)18/h3-4,7,19H,2,5-6,8-9H2,1H3. The van der Waals surface area contributed by atoms with Crippen LogP contribution in [0.2, 0.25) is 0 Å². The summed E-state index contributed by atoms with van der Waals surface area (Å²) in [5, 5.41) is 3.16. The van der Waals surface area contributed by atoms with Gasteiger partial charge in [-0.2, -0.15) is 22.0 Å². The van der Waals surface area contributed by atoms with Gasteiger partial charge in [0.15, 0.2) is 0 Å². The van der Waals surface area contributed by atoms with Crippen molar-refractivity contribution in [3.63, 3.8) is 0 Å². The molecule has 1 aromatic rings. The van der Waals surface area contributed by atoms with Gasteiger partial charge < -0.3 is 10.1 Å². The molecule has 0 amide bonds. The predicted octanol–water partition coefficient (Wildman–Crippen LogP) is 3.30. The summed E-state index contributed by atoms with van der Waals surface area (Å²) >= 11 is 0. The zero-order valence-electron chi connectivity index (χ0n) is 11.5. The molecule has 21 heavy (non-hydrogen) atoms. The van der Waals surface area contributed by atoms with Crippen LogP contribution >= 0.6 is 0 Å². The van der Waals surface area contributed by atoms with E-state index in [9.17, 15) is 22.0 Å². The van der Waals surface area contributed by atoms with Gasteiger partial charge in [-0.3, -0.25) is 4.98 Å². The number of nitrogens with one attached hydrogen (secondary N) is 1. The zero-order chi connectivity index (χ0) is 15.9. The Hall–Kier alpha value is -1.28. The van der Waals surface area contributed by atoms with E-state index in [1.807, 2.05) is 6.92 Å². The van der Waals surface area contributed by atoms with Crippen LogP contribution in [-0.4, -0.2) is 30.2 Å². The third kappa shape index (κ3) is 5.92. The van der Waals surface area contributed by atoms with E-state index >= 15 is 0 Å². The first-order valence-corrected chi connectivity index (χ1v) is 6.43. The van der Waals surface area contributed by atoms with Crippen LogP contribution in [0, 0.1) is 0 Å². The zero-order valence-corrected chi connectivity index (χ0v) is 11.5. The summed E-state index contributed by atoms with van der Waals surface area (Å²) in [6, 6.07) is 3.25. The van der Waals surface area contributed by atoms with Gasteiger partial charge in [0.25, 0.3) is 0 Å². The summed E-state index contributed by atoms with van der Waals surface area (Å²) in [4.78, 5) is 3.95. The molecule has 0 aliphatic heterocycles. The Kier molecular flexibility index (Phi) is 6.47. The lowest BCUT2D eigenvalue weighted by atomic mass is 10.2. The summed E-state index contributed by atoms with van der Waals surface area (Å²) in [5.41, 5.74) is 1.19. The number of hydrogen-bond acceptors (Lipinski definition) is 3. The molecule has 0 fully saturated rings. The Morgan fingerprint density at radius 3 is 2.43 bits per heavy atom. The quantitative estimate of drug-likeness (QED) is 0.591. The monoisotopic (exact) mass is 312 g/mol. The van der Waals surface area contributed by atoms with E-state index in [1.165, 1.54) is 12.3 Å². The van der Waals surface area contributed by atoms with Crippen molar-refractivity contribution in [3.05, 3.63) is 29.6 Å². The summed E-state index contributed by atoms with van der Waals surface area (Å²) in [6.45, 7) is 1.40. The molecule has 0 saturated carbocycles.